The monoisotopic (exact) mass is 242 g/mol. The summed E-state index contributed by atoms with van der Waals surface area (Å²) in [6.45, 7) is 1.77. The van der Waals surface area contributed by atoms with Gasteiger partial charge in [-0.25, -0.2) is 4.79 Å². The topological polar surface area (TPSA) is 69.6 Å². The number of nitrogens with zero attached hydrogens (tertiary/aromatic N) is 1. The number of carboxylic acids is 1. The molecule has 0 radical (unpaired) electrons. The minimum absolute atomic E-state index is 0.162. The van der Waals surface area contributed by atoms with Crippen molar-refractivity contribution >= 4 is 12.0 Å². The molecule has 1 rings (SSSR count). The molecular weight excluding hydrogens is 220 g/mol. The quantitative estimate of drug-likeness (QED) is 0.788. The first-order valence-corrected chi connectivity index (χ1v) is 6.26. The summed E-state index contributed by atoms with van der Waals surface area (Å²) in [4.78, 5) is 24.1. The van der Waals surface area contributed by atoms with Gasteiger partial charge < -0.3 is 15.3 Å². The van der Waals surface area contributed by atoms with Gasteiger partial charge >= 0.3 is 12.0 Å². The van der Waals surface area contributed by atoms with E-state index in [0.717, 1.165) is 12.8 Å². The maximum Gasteiger partial charge on any atom is 0.317 e. The number of aliphatic carboxylic acids is 1. The van der Waals surface area contributed by atoms with E-state index in [2.05, 4.69) is 5.32 Å². The van der Waals surface area contributed by atoms with E-state index in [1.54, 1.807) is 18.9 Å². The molecule has 2 N–H and O–H groups in total. The van der Waals surface area contributed by atoms with E-state index in [-0.39, 0.29) is 12.6 Å². The lowest BCUT2D eigenvalue weighted by atomic mass is 9.95. The van der Waals surface area contributed by atoms with Gasteiger partial charge in [0.25, 0.3) is 0 Å². The molecule has 5 nitrogen and oxygen atoms in total. The van der Waals surface area contributed by atoms with E-state index in [0.29, 0.717) is 6.04 Å². The van der Waals surface area contributed by atoms with Crippen molar-refractivity contribution in [1.82, 2.24) is 10.2 Å². The zero-order chi connectivity index (χ0) is 12.8. The van der Waals surface area contributed by atoms with Crippen LogP contribution in [0.5, 0.6) is 0 Å². The van der Waals surface area contributed by atoms with Gasteiger partial charge in [-0.2, -0.15) is 0 Å². The summed E-state index contributed by atoms with van der Waals surface area (Å²) >= 11 is 0. The Bertz CT molecular complexity index is 275. The molecule has 0 spiro atoms. The van der Waals surface area contributed by atoms with Gasteiger partial charge in [-0.05, 0) is 12.8 Å². The standard InChI is InChI=1S/C12H22N2O3/c1-9(11(15)16)8-13-12(17)14(2)10-6-4-3-5-7-10/h9-10H,3-8H2,1-2H3,(H,13,17)(H,15,16). The first-order chi connectivity index (χ1) is 8.02. The molecule has 0 heterocycles. The van der Waals surface area contributed by atoms with Gasteiger partial charge in [0.2, 0.25) is 0 Å². The molecule has 17 heavy (non-hydrogen) atoms. The van der Waals surface area contributed by atoms with Crippen LogP contribution >= 0.6 is 0 Å². The predicted octanol–water partition coefficient (Wildman–Crippen LogP) is 1.68. The Labute approximate surface area is 102 Å². The van der Waals surface area contributed by atoms with E-state index in [1.807, 2.05) is 0 Å². The minimum atomic E-state index is -0.884. The number of nitrogens with one attached hydrogen (secondary N) is 1. The third kappa shape index (κ3) is 4.24. The average Bonchev–Trinajstić information content (AvgIpc) is 2.35. The second kappa shape index (κ2) is 6.47. The van der Waals surface area contributed by atoms with Crippen LogP contribution in [0.25, 0.3) is 0 Å². The van der Waals surface area contributed by atoms with Crippen molar-refractivity contribution in [2.24, 2.45) is 5.92 Å². The molecule has 0 aromatic carbocycles. The van der Waals surface area contributed by atoms with Gasteiger partial charge in [0.1, 0.15) is 0 Å². The number of hydrogen-bond acceptors (Lipinski definition) is 2. The molecule has 1 saturated carbocycles. The van der Waals surface area contributed by atoms with Crippen molar-refractivity contribution in [3.8, 4) is 0 Å². The van der Waals surface area contributed by atoms with Crippen LogP contribution in [0.15, 0.2) is 0 Å². The van der Waals surface area contributed by atoms with Crippen LogP contribution in [-0.2, 0) is 4.79 Å². The molecule has 5 heteroatoms. The molecule has 0 bridgehead atoms. The highest BCUT2D eigenvalue weighted by Crippen LogP contribution is 2.21. The molecule has 1 unspecified atom stereocenters. The number of urea groups is 1. The van der Waals surface area contributed by atoms with E-state index >= 15 is 0 Å². The maximum atomic E-state index is 11.8. The Morgan fingerprint density at radius 2 is 1.94 bits per heavy atom. The van der Waals surface area contributed by atoms with Crippen LogP contribution in [-0.4, -0.2) is 41.6 Å². The fourth-order valence-corrected chi connectivity index (χ4v) is 2.09. The molecule has 1 aliphatic rings. The molecule has 1 atom stereocenters. The van der Waals surface area contributed by atoms with E-state index < -0.39 is 11.9 Å². The SMILES string of the molecule is CC(CNC(=O)N(C)C1CCCCC1)C(=O)O. The van der Waals surface area contributed by atoms with E-state index in [4.69, 9.17) is 5.11 Å². The summed E-state index contributed by atoms with van der Waals surface area (Å²) < 4.78 is 0. The zero-order valence-electron chi connectivity index (χ0n) is 10.6. The van der Waals surface area contributed by atoms with Crippen molar-refractivity contribution in [1.29, 1.82) is 0 Å². The predicted molar refractivity (Wildman–Crippen MR) is 64.8 cm³/mol. The maximum absolute atomic E-state index is 11.8. The Kier molecular flexibility index (Phi) is 5.25. The molecule has 0 saturated heterocycles. The molecule has 0 aromatic heterocycles. The van der Waals surface area contributed by atoms with Crippen LogP contribution in [0.1, 0.15) is 39.0 Å². The van der Waals surface area contributed by atoms with Gasteiger partial charge in [0.05, 0.1) is 5.92 Å². The molecule has 98 valence electrons. The normalized spacial score (nSPS) is 18.5. The minimum Gasteiger partial charge on any atom is -0.481 e. The van der Waals surface area contributed by atoms with Crippen LogP contribution in [0.2, 0.25) is 0 Å². The van der Waals surface area contributed by atoms with Gasteiger partial charge in [-0.15, -0.1) is 0 Å². The third-order valence-corrected chi connectivity index (χ3v) is 3.42. The molecule has 0 aromatic rings. The average molecular weight is 242 g/mol. The largest absolute Gasteiger partial charge is 0.481 e. The lowest BCUT2D eigenvalue weighted by molar-refractivity contribution is -0.140. The van der Waals surface area contributed by atoms with Crippen molar-refractivity contribution < 1.29 is 14.7 Å². The fraction of sp³-hybridized carbons (Fsp3) is 0.833. The van der Waals surface area contributed by atoms with Crippen molar-refractivity contribution in [2.45, 2.75) is 45.1 Å². The van der Waals surface area contributed by atoms with Gasteiger partial charge in [0.15, 0.2) is 0 Å². The first-order valence-electron chi connectivity index (χ1n) is 6.26. The molecule has 0 aliphatic heterocycles. The van der Waals surface area contributed by atoms with Gasteiger partial charge in [-0.1, -0.05) is 26.2 Å². The van der Waals surface area contributed by atoms with Gasteiger partial charge in [0, 0.05) is 19.6 Å². The third-order valence-electron chi connectivity index (χ3n) is 3.42. The number of carbonyl (C=O) groups excluding carboxylic acids is 1. The lowest BCUT2D eigenvalue weighted by Crippen LogP contribution is -2.46. The number of carbonyl (C=O) groups is 2. The number of hydrogen-bond donors (Lipinski definition) is 2. The highest BCUT2D eigenvalue weighted by Gasteiger charge is 2.22. The number of carboxylic acid groups (broad SMARTS) is 1. The van der Waals surface area contributed by atoms with E-state index in [9.17, 15) is 9.59 Å². The summed E-state index contributed by atoms with van der Waals surface area (Å²) in [5, 5.41) is 11.4. The van der Waals surface area contributed by atoms with Crippen LogP contribution in [0.3, 0.4) is 0 Å². The fourth-order valence-electron chi connectivity index (χ4n) is 2.09. The molecule has 2 amide bonds. The Morgan fingerprint density at radius 1 is 1.35 bits per heavy atom. The number of rotatable bonds is 4. The highest BCUT2D eigenvalue weighted by atomic mass is 16.4. The Balaban J connectivity index is 2.33. The smallest absolute Gasteiger partial charge is 0.317 e. The van der Waals surface area contributed by atoms with Crippen molar-refractivity contribution in [3.05, 3.63) is 0 Å². The molecule has 1 aliphatic carbocycles. The Morgan fingerprint density at radius 3 is 2.47 bits per heavy atom. The molecule has 1 fully saturated rings. The van der Waals surface area contributed by atoms with Gasteiger partial charge in [-0.3, -0.25) is 4.79 Å². The van der Waals surface area contributed by atoms with Crippen molar-refractivity contribution in [3.63, 3.8) is 0 Å². The summed E-state index contributed by atoms with van der Waals surface area (Å²) in [6, 6.07) is 0.147. The molecular formula is C12H22N2O3. The zero-order valence-corrected chi connectivity index (χ0v) is 10.6. The lowest BCUT2D eigenvalue weighted by Gasteiger charge is -2.31. The van der Waals surface area contributed by atoms with Crippen LogP contribution in [0.4, 0.5) is 4.79 Å². The number of amides is 2. The first kappa shape index (κ1) is 13.8. The Hall–Kier alpha value is -1.26. The van der Waals surface area contributed by atoms with Crippen molar-refractivity contribution in [2.75, 3.05) is 13.6 Å². The van der Waals surface area contributed by atoms with E-state index in [1.165, 1.54) is 19.3 Å². The summed E-state index contributed by atoms with van der Waals surface area (Å²) in [7, 11) is 1.79. The highest BCUT2D eigenvalue weighted by molar-refractivity contribution is 5.75. The summed E-state index contributed by atoms with van der Waals surface area (Å²) in [5.41, 5.74) is 0. The summed E-state index contributed by atoms with van der Waals surface area (Å²) in [5.74, 6) is -1.43. The van der Waals surface area contributed by atoms with Crippen LogP contribution < -0.4 is 5.32 Å². The second-order valence-corrected chi connectivity index (χ2v) is 4.83. The summed E-state index contributed by atoms with van der Waals surface area (Å²) in [6.07, 6.45) is 5.71. The second-order valence-electron chi connectivity index (χ2n) is 4.83. The van der Waals surface area contributed by atoms with Crippen LogP contribution in [0, 0.1) is 5.92 Å².